The minimum Gasteiger partial charge on any atom is -0.353 e. The van der Waals surface area contributed by atoms with Crippen LogP contribution in [0.2, 0.25) is 0 Å². The highest BCUT2D eigenvalue weighted by Gasteiger charge is 2.31. The molecule has 4 rings (SSSR count). The van der Waals surface area contributed by atoms with Crippen LogP contribution < -0.4 is 9.80 Å². The van der Waals surface area contributed by atoms with Gasteiger partial charge in [0.15, 0.2) is 5.78 Å². The molecule has 0 bridgehead atoms. The zero-order chi connectivity index (χ0) is 22.0. The lowest BCUT2D eigenvalue weighted by Gasteiger charge is -2.42. The quantitative estimate of drug-likeness (QED) is 0.227. The number of hydrogen-bond acceptors (Lipinski definition) is 5. The van der Waals surface area contributed by atoms with Gasteiger partial charge in [0, 0.05) is 51.1 Å². The highest BCUT2D eigenvalue weighted by atomic mass is 79.9. The van der Waals surface area contributed by atoms with Gasteiger partial charge in [0.25, 0.3) is 5.69 Å². The average Bonchev–Trinajstić information content (AvgIpc) is 2.79. The topological polar surface area (TPSA) is 66.7 Å². The Bertz CT molecular complexity index is 1050. The molecule has 8 heteroatoms. The zero-order valence-corrected chi connectivity index (χ0v) is 19.6. The number of halogens is 2. The van der Waals surface area contributed by atoms with Gasteiger partial charge >= 0.3 is 0 Å². The average molecular weight is 545 g/mol. The number of non-ortho nitro benzene ring substituents is 1. The maximum absolute atomic E-state index is 13.3. The summed E-state index contributed by atoms with van der Waals surface area (Å²) in [6.45, 7) is 1.72. The highest BCUT2D eigenvalue weighted by molar-refractivity contribution is 9.10. The summed E-state index contributed by atoms with van der Waals surface area (Å²) in [6.07, 6.45) is 0. The molecule has 0 saturated carbocycles. The predicted octanol–water partition coefficient (Wildman–Crippen LogP) is 5.90. The largest absolute Gasteiger partial charge is 0.353 e. The third-order valence-electron chi connectivity index (χ3n) is 5.32. The van der Waals surface area contributed by atoms with Gasteiger partial charge in [-0.25, -0.2) is 0 Å². The molecule has 0 atom stereocenters. The fraction of sp³-hybridized carbons (Fsp3) is 0.174. The first-order chi connectivity index (χ1) is 14.9. The normalized spacial score (nSPS) is 14.5. The van der Waals surface area contributed by atoms with Gasteiger partial charge in [0.05, 0.1) is 17.5 Å². The molecule has 158 valence electrons. The molecule has 0 unspecified atom stereocenters. The van der Waals surface area contributed by atoms with Gasteiger partial charge in [-0.05, 0) is 48.5 Å². The second kappa shape index (κ2) is 9.20. The number of nitro benzene ring substituents is 1. The number of hydrogen-bond donors (Lipinski definition) is 0. The number of nitro groups is 1. The lowest BCUT2D eigenvalue weighted by molar-refractivity contribution is -0.384. The third-order valence-corrected chi connectivity index (χ3v) is 6.38. The number of benzene rings is 3. The van der Waals surface area contributed by atoms with Crippen LogP contribution in [0.4, 0.5) is 17.1 Å². The van der Waals surface area contributed by atoms with Gasteiger partial charge < -0.3 is 9.80 Å². The molecule has 1 fully saturated rings. The predicted molar refractivity (Wildman–Crippen MR) is 129 cm³/mol. The van der Waals surface area contributed by atoms with E-state index in [2.05, 4.69) is 41.7 Å². The Kier molecular flexibility index (Phi) is 6.38. The smallest absolute Gasteiger partial charge is 0.270 e. The van der Waals surface area contributed by atoms with E-state index in [4.69, 9.17) is 0 Å². The van der Waals surface area contributed by atoms with E-state index in [-0.39, 0.29) is 17.4 Å². The van der Waals surface area contributed by atoms with E-state index in [0.29, 0.717) is 25.3 Å². The minimum absolute atomic E-state index is 0.0730. The van der Waals surface area contributed by atoms with Crippen molar-refractivity contribution in [3.8, 4) is 0 Å². The summed E-state index contributed by atoms with van der Waals surface area (Å²) in [5.74, 6) is -0.421. The lowest BCUT2D eigenvalue weighted by atomic mass is 9.94. The molecule has 0 aromatic heterocycles. The first kappa shape index (κ1) is 21.5. The van der Waals surface area contributed by atoms with Crippen molar-refractivity contribution >= 4 is 54.7 Å². The molecule has 1 aliphatic heterocycles. The Morgan fingerprint density at radius 1 is 0.871 bits per heavy atom. The summed E-state index contributed by atoms with van der Waals surface area (Å²) in [4.78, 5) is 28.4. The molecule has 1 aliphatic rings. The van der Waals surface area contributed by atoms with Crippen LogP contribution in [0, 0.1) is 16.0 Å². The second-order valence-electron chi connectivity index (χ2n) is 7.41. The number of anilines is 2. The first-order valence-corrected chi connectivity index (χ1v) is 11.3. The van der Waals surface area contributed by atoms with Crippen LogP contribution in [0.1, 0.15) is 10.4 Å². The van der Waals surface area contributed by atoms with E-state index in [0.717, 1.165) is 20.3 Å². The van der Waals surface area contributed by atoms with Gasteiger partial charge in [0.2, 0.25) is 0 Å². The fourth-order valence-electron chi connectivity index (χ4n) is 3.76. The Morgan fingerprint density at radius 3 is 1.87 bits per heavy atom. The summed E-state index contributed by atoms with van der Waals surface area (Å²) in [6, 6.07) is 22.0. The molecule has 1 heterocycles. The van der Waals surface area contributed by atoms with Gasteiger partial charge in [-0.1, -0.05) is 44.0 Å². The molecule has 0 aliphatic carbocycles. The van der Waals surface area contributed by atoms with E-state index in [1.165, 1.54) is 12.1 Å². The molecule has 0 N–H and O–H groups in total. The van der Waals surface area contributed by atoms with Crippen molar-refractivity contribution in [2.45, 2.75) is 0 Å². The Morgan fingerprint density at radius 2 is 1.39 bits per heavy atom. The van der Waals surface area contributed by atoms with Crippen molar-refractivity contribution in [1.82, 2.24) is 0 Å². The number of carbonyl (C=O) groups excluding carboxylic acids is 1. The maximum Gasteiger partial charge on any atom is 0.270 e. The van der Waals surface area contributed by atoms with Crippen LogP contribution in [0.25, 0.3) is 0 Å². The van der Waals surface area contributed by atoms with Crippen LogP contribution in [0.3, 0.4) is 0 Å². The Hall–Kier alpha value is -2.71. The van der Waals surface area contributed by atoms with Crippen LogP contribution in [0.15, 0.2) is 81.7 Å². The van der Waals surface area contributed by atoms with E-state index in [9.17, 15) is 14.9 Å². The number of Topliss-reactive ketones (excluding diaryl/α,β-unsaturated/α-hetero) is 1. The van der Waals surface area contributed by atoms with Crippen molar-refractivity contribution < 1.29 is 9.72 Å². The maximum atomic E-state index is 13.3. The van der Waals surface area contributed by atoms with Gasteiger partial charge in [-0.2, -0.15) is 0 Å². The molecule has 0 spiro atoms. The zero-order valence-electron chi connectivity index (χ0n) is 16.4. The van der Waals surface area contributed by atoms with E-state index < -0.39 is 4.92 Å². The number of rotatable bonds is 5. The summed E-state index contributed by atoms with van der Waals surface area (Å²) >= 11 is 6.93. The van der Waals surface area contributed by atoms with Crippen molar-refractivity contribution in [2.75, 3.05) is 29.6 Å². The number of carbonyl (C=O) groups is 1. The SMILES string of the molecule is O=C(c1cccc([N+](=O)[O-])c1)C1CN(c2ccc(Br)cc2)CN(c2ccc(Br)cc2)C1. The molecule has 3 aromatic carbocycles. The molecule has 6 nitrogen and oxygen atoms in total. The van der Waals surface area contributed by atoms with E-state index in [1.54, 1.807) is 12.1 Å². The monoisotopic (exact) mass is 543 g/mol. The van der Waals surface area contributed by atoms with Crippen molar-refractivity contribution in [2.24, 2.45) is 5.92 Å². The Balaban J connectivity index is 1.66. The van der Waals surface area contributed by atoms with Gasteiger partial charge in [0.1, 0.15) is 0 Å². The summed E-state index contributed by atoms with van der Waals surface area (Å²) < 4.78 is 1.98. The Labute approximate surface area is 196 Å². The van der Waals surface area contributed by atoms with Gasteiger partial charge in [-0.15, -0.1) is 0 Å². The number of ketones is 1. The molecule has 0 amide bonds. The van der Waals surface area contributed by atoms with Crippen LogP contribution >= 0.6 is 31.9 Å². The highest BCUT2D eigenvalue weighted by Crippen LogP contribution is 2.29. The molecule has 0 radical (unpaired) electrons. The van der Waals surface area contributed by atoms with E-state index in [1.807, 2.05) is 48.5 Å². The summed E-state index contributed by atoms with van der Waals surface area (Å²) in [7, 11) is 0. The third kappa shape index (κ3) is 4.97. The molecular formula is C23H19Br2N3O3. The molecule has 1 saturated heterocycles. The standard InChI is InChI=1S/C23H19Br2N3O3/c24-18-4-8-20(9-5-18)26-13-17(14-27(15-26)21-10-6-19(25)7-11-21)23(29)16-2-1-3-22(12-16)28(30)31/h1-12,17H,13-15H2. The fourth-order valence-corrected chi connectivity index (χ4v) is 4.29. The van der Waals surface area contributed by atoms with Crippen LogP contribution in [0.5, 0.6) is 0 Å². The summed E-state index contributed by atoms with van der Waals surface area (Å²) in [5.41, 5.74) is 2.33. The lowest BCUT2D eigenvalue weighted by Crippen LogP contribution is -2.52. The van der Waals surface area contributed by atoms with Crippen LogP contribution in [-0.2, 0) is 0 Å². The molecule has 31 heavy (non-hydrogen) atoms. The van der Waals surface area contributed by atoms with Crippen molar-refractivity contribution in [1.29, 1.82) is 0 Å². The second-order valence-corrected chi connectivity index (χ2v) is 9.24. The van der Waals surface area contributed by atoms with E-state index >= 15 is 0 Å². The van der Waals surface area contributed by atoms with Crippen molar-refractivity contribution in [3.05, 3.63) is 97.4 Å². The first-order valence-electron chi connectivity index (χ1n) is 9.70. The molecule has 3 aromatic rings. The van der Waals surface area contributed by atoms with Crippen molar-refractivity contribution in [3.63, 3.8) is 0 Å². The number of nitrogens with zero attached hydrogens (tertiary/aromatic N) is 3. The minimum atomic E-state index is -0.472. The van der Waals surface area contributed by atoms with Crippen LogP contribution in [-0.4, -0.2) is 30.5 Å². The molecular weight excluding hydrogens is 526 g/mol. The van der Waals surface area contributed by atoms with Gasteiger partial charge in [-0.3, -0.25) is 14.9 Å². The summed E-state index contributed by atoms with van der Waals surface area (Å²) in [5, 5.41) is 11.2.